The number of hydrogen-bond acceptors (Lipinski definition) is 4. The highest BCUT2D eigenvalue weighted by Crippen LogP contribution is 2.15. The maximum absolute atomic E-state index is 5.41. The molecule has 0 saturated heterocycles. The van der Waals surface area contributed by atoms with Gasteiger partial charge in [-0.05, 0) is 48.9 Å². The fourth-order valence-corrected chi connectivity index (χ4v) is 3.12. The van der Waals surface area contributed by atoms with Gasteiger partial charge < -0.3 is 9.30 Å². The van der Waals surface area contributed by atoms with Gasteiger partial charge >= 0.3 is 0 Å². The van der Waals surface area contributed by atoms with Gasteiger partial charge in [0, 0.05) is 7.05 Å². The maximum Gasteiger partial charge on any atom is 0.211 e. The van der Waals surface area contributed by atoms with Crippen LogP contribution in [-0.2, 0) is 7.05 Å². The molecule has 0 aliphatic carbocycles. The summed E-state index contributed by atoms with van der Waals surface area (Å²) in [6.45, 7) is 2.64. The van der Waals surface area contributed by atoms with Crippen LogP contribution in [0.1, 0.15) is 12.5 Å². The van der Waals surface area contributed by atoms with Crippen LogP contribution < -0.4 is 9.54 Å². The van der Waals surface area contributed by atoms with Crippen LogP contribution in [0.3, 0.4) is 0 Å². The zero-order valence-corrected chi connectivity index (χ0v) is 13.4. The Morgan fingerprint density at radius 2 is 1.91 bits per heavy atom. The van der Waals surface area contributed by atoms with E-state index in [1.54, 1.807) is 17.6 Å². The molecule has 0 bridgehead atoms. The Kier molecular flexibility index (Phi) is 4.34. The van der Waals surface area contributed by atoms with Gasteiger partial charge in [-0.2, -0.15) is 5.10 Å². The molecule has 1 aromatic heterocycles. The number of rotatable bonds is 4. The number of fused-ring (bicyclic) bond motifs is 1. The molecule has 0 aliphatic heterocycles. The molecule has 3 rings (SSSR count). The first-order chi connectivity index (χ1) is 10.8. The molecule has 5 heteroatoms. The highest BCUT2D eigenvalue weighted by atomic mass is 32.1. The third-order valence-electron chi connectivity index (χ3n) is 3.26. The minimum atomic E-state index is 0.672. The Morgan fingerprint density at radius 1 is 1.14 bits per heavy atom. The van der Waals surface area contributed by atoms with Crippen LogP contribution in [0.5, 0.6) is 5.75 Å². The Hall–Kier alpha value is -2.40. The molecule has 1 heterocycles. The first kappa shape index (κ1) is 14.5. The topological polar surface area (TPSA) is 38.9 Å². The first-order valence-electron chi connectivity index (χ1n) is 7.12. The van der Waals surface area contributed by atoms with E-state index in [4.69, 9.17) is 4.74 Å². The van der Waals surface area contributed by atoms with Crippen molar-refractivity contribution in [2.24, 2.45) is 17.3 Å². The lowest BCUT2D eigenvalue weighted by molar-refractivity contribution is 0.340. The van der Waals surface area contributed by atoms with Gasteiger partial charge in [0.25, 0.3) is 0 Å². The molecule has 4 nitrogen and oxygen atoms in total. The van der Waals surface area contributed by atoms with E-state index in [1.165, 1.54) is 10.2 Å². The normalized spacial score (nSPS) is 12.4. The summed E-state index contributed by atoms with van der Waals surface area (Å²) in [5, 5.41) is 8.51. The molecule has 0 radical (unpaired) electrons. The molecular weight excluding hydrogens is 294 g/mol. The van der Waals surface area contributed by atoms with E-state index in [1.807, 2.05) is 50.4 Å². The monoisotopic (exact) mass is 311 g/mol. The number of aromatic nitrogens is 1. The predicted molar refractivity (Wildman–Crippen MR) is 91.6 cm³/mol. The molecule has 2 aromatic carbocycles. The number of nitrogens with zero attached hydrogens (tertiary/aromatic N) is 3. The molecule has 22 heavy (non-hydrogen) atoms. The van der Waals surface area contributed by atoms with Gasteiger partial charge in [-0.25, -0.2) is 0 Å². The van der Waals surface area contributed by atoms with Crippen molar-refractivity contribution in [2.75, 3.05) is 6.61 Å². The summed E-state index contributed by atoms with van der Waals surface area (Å²) in [5.41, 5.74) is 2.17. The average molecular weight is 311 g/mol. The molecule has 3 aromatic rings. The van der Waals surface area contributed by atoms with Gasteiger partial charge in [0.15, 0.2) is 0 Å². The van der Waals surface area contributed by atoms with Crippen molar-refractivity contribution in [2.45, 2.75) is 6.92 Å². The van der Waals surface area contributed by atoms with Crippen molar-refractivity contribution in [1.29, 1.82) is 0 Å². The van der Waals surface area contributed by atoms with Crippen molar-refractivity contribution in [1.82, 2.24) is 4.57 Å². The standard InChI is InChI=1S/C17H17N3OS/c1-3-21-14-10-8-13(9-11-14)12-18-19-17-20(2)15-6-4-5-7-16(15)22-17/h4-12H,3H2,1-2H3/b18-12-,19-17+. The van der Waals surface area contributed by atoms with E-state index in [0.717, 1.165) is 16.1 Å². The van der Waals surface area contributed by atoms with E-state index in [9.17, 15) is 0 Å². The van der Waals surface area contributed by atoms with E-state index < -0.39 is 0 Å². The largest absolute Gasteiger partial charge is 0.494 e. The van der Waals surface area contributed by atoms with Gasteiger partial charge in [-0.15, -0.1) is 5.10 Å². The summed E-state index contributed by atoms with van der Waals surface area (Å²) in [6, 6.07) is 16.0. The van der Waals surface area contributed by atoms with Crippen LogP contribution in [0.25, 0.3) is 10.2 Å². The zero-order valence-electron chi connectivity index (χ0n) is 12.6. The third-order valence-corrected chi connectivity index (χ3v) is 4.36. The van der Waals surface area contributed by atoms with Crippen LogP contribution in [0.15, 0.2) is 58.7 Å². The molecule has 0 unspecified atom stereocenters. The average Bonchev–Trinajstić information content (AvgIpc) is 2.86. The zero-order chi connectivity index (χ0) is 15.4. The molecule has 0 amide bonds. The molecule has 0 atom stereocenters. The van der Waals surface area contributed by atoms with E-state index in [0.29, 0.717) is 6.61 Å². The highest BCUT2D eigenvalue weighted by Gasteiger charge is 2.00. The number of aryl methyl sites for hydroxylation is 1. The Balaban J connectivity index is 1.84. The van der Waals surface area contributed by atoms with E-state index in [2.05, 4.69) is 26.9 Å². The van der Waals surface area contributed by atoms with Crippen molar-refractivity contribution in [3.8, 4) is 5.75 Å². The fourth-order valence-electron chi connectivity index (χ4n) is 2.14. The van der Waals surface area contributed by atoms with Gasteiger partial charge in [-0.3, -0.25) is 0 Å². The van der Waals surface area contributed by atoms with E-state index >= 15 is 0 Å². The summed E-state index contributed by atoms with van der Waals surface area (Å²) in [4.78, 5) is 0.878. The lowest BCUT2D eigenvalue weighted by atomic mass is 10.2. The van der Waals surface area contributed by atoms with Gasteiger partial charge in [0.1, 0.15) is 5.75 Å². The third kappa shape index (κ3) is 3.09. The predicted octanol–water partition coefficient (Wildman–Crippen LogP) is 3.57. The highest BCUT2D eigenvalue weighted by molar-refractivity contribution is 7.16. The summed E-state index contributed by atoms with van der Waals surface area (Å²) < 4.78 is 8.67. The van der Waals surface area contributed by atoms with Crippen LogP contribution in [0.4, 0.5) is 0 Å². The molecular formula is C17H17N3OS. The second-order valence-electron chi connectivity index (χ2n) is 4.76. The van der Waals surface area contributed by atoms with Crippen molar-refractivity contribution in [3.63, 3.8) is 0 Å². The van der Waals surface area contributed by atoms with Gasteiger partial charge in [-0.1, -0.05) is 23.5 Å². The molecule has 0 saturated carbocycles. The van der Waals surface area contributed by atoms with Crippen molar-refractivity contribution in [3.05, 3.63) is 58.9 Å². The SMILES string of the molecule is CCOc1ccc(/C=N\N=c2\sc3ccccc3n2C)cc1. The minimum Gasteiger partial charge on any atom is -0.494 e. The number of hydrogen-bond donors (Lipinski definition) is 0. The summed E-state index contributed by atoms with van der Waals surface area (Å²) in [5.74, 6) is 0.868. The lowest BCUT2D eigenvalue weighted by Gasteiger charge is -2.01. The molecule has 0 fully saturated rings. The summed E-state index contributed by atoms with van der Waals surface area (Å²) in [7, 11) is 2.00. The van der Waals surface area contributed by atoms with E-state index in [-0.39, 0.29) is 0 Å². The molecule has 0 aliphatic rings. The van der Waals surface area contributed by atoms with Crippen LogP contribution in [0, 0.1) is 0 Å². The van der Waals surface area contributed by atoms with Crippen molar-refractivity contribution < 1.29 is 4.74 Å². The van der Waals surface area contributed by atoms with Crippen LogP contribution in [-0.4, -0.2) is 17.4 Å². The second kappa shape index (κ2) is 6.58. The minimum absolute atomic E-state index is 0.672. The fraction of sp³-hybridized carbons (Fsp3) is 0.176. The quantitative estimate of drug-likeness (QED) is 0.536. The van der Waals surface area contributed by atoms with Crippen LogP contribution in [0.2, 0.25) is 0 Å². The summed E-state index contributed by atoms with van der Waals surface area (Å²) in [6.07, 6.45) is 1.75. The molecule has 0 spiro atoms. The number of ether oxygens (including phenoxy) is 1. The Morgan fingerprint density at radius 3 is 2.64 bits per heavy atom. The molecule has 0 N–H and O–H groups in total. The van der Waals surface area contributed by atoms with Gasteiger partial charge in [0.2, 0.25) is 4.80 Å². The summed E-state index contributed by atoms with van der Waals surface area (Å²) >= 11 is 1.63. The Labute approximate surface area is 133 Å². The molecule has 112 valence electrons. The number of para-hydroxylation sites is 1. The maximum atomic E-state index is 5.41. The number of benzene rings is 2. The van der Waals surface area contributed by atoms with Crippen LogP contribution >= 0.6 is 11.3 Å². The van der Waals surface area contributed by atoms with Gasteiger partial charge in [0.05, 0.1) is 23.0 Å². The number of thiazole rings is 1. The van der Waals surface area contributed by atoms with Crippen molar-refractivity contribution >= 4 is 27.8 Å². The first-order valence-corrected chi connectivity index (χ1v) is 7.94. The lowest BCUT2D eigenvalue weighted by Crippen LogP contribution is -2.08. The second-order valence-corrected chi connectivity index (χ2v) is 5.77. The Bertz CT molecular complexity index is 859. The smallest absolute Gasteiger partial charge is 0.211 e.